The molecular weight excluding hydrogens is 485 g/mol. The molecule has 0 aliphatic heterocycles. The summed E-state index contributed by atoms with van der Waals surface area (Å²) in [6, 6.07) is 12.3. The fourth-order valence-corrected chi connectivity index (χ4v) is 4.41. The third-order valence-corrected chi connectivity index (χ3v) is 6.92. The Morgan fingerprint density at radius 2 is 1.78 bits per heavy atom. The number of rotatable bonds is 11. The number of halogens is 1. The minimum Gasteiger partial charge on any atom is -0.337 e. The highest BCUT2D eigenvalue weighted by Crippen LogP contribution is 2.26. The van der Waals surface area contributed by atoms with E-state index < -0.39 is 28.0 Å². The predicted molar refractivity (Wildman–Crippen MR) is 137 cm³/mol. The molecule has 0 bridgehead atoms. The molecule has 0 unspecified atom stereocenters. The van der Waals surface area contributed by atoms with Crippen molar-refractivity contribution in [3.63, 3.8) is 0 Å². The fourth-order valence-electron chi connectivity index (χ4n) is 3.31. The van der Waals surface area contributed by atoms with E-state index in [1.807, 2.05) is 7.05 Å². The van der Waals surface area contributed by atoms with Gasteiger partial charge in [0.25, 0.3) is 10.0 Å². The van der Waals surface area contributed by atoms with Gasteiger partial charge >= 0.3 is 0 Å². The number of nitrogens with zero attached hydrogens (tertiary/aromatic N) is 2. The minimum atomic E-state index is -3.92. The molecule has 3 aromatic rings. The van der Waals surface area contributed by atoms with Gasteiger partial charge in [-0.3, -0.25) is 9.52 Å². The molecule has 1 atom stereocenters. The van der Waals surface area contributed by atoms with Gasteiger partial charge in [0.1, 0.15) is 6.67 Å². The SMILES string of the molecule is CN[C@@H](CC(C)C)c1nc(-c2cccc(S(=O)(=O)Nc3ccc(NC(=O)C(C)(C)CF)cc3)c2)no1. The lowest BCUT2D eigenvalue weighted by atomic mass is 9.94. The van der Waals surface area contributed by atoms with Crippen LogP contribution in [0, 0.1) is 11.3 Å². The van der Waals surface area contributed by atoms with Crippen LogP contribution in [0.5, 0.6) is 0 Å². The number of benzene rings is 2. The van der Waals surface area contributed by atoms with Crippen LogP contribution in [-0.2, 0) is 14.8 Å². The number of sulfonamides is 1. The van der Waals surface area contributed by atoms with Crippen molar-refractivity contribution >= 4 is 27.3 Å². The number of carbonyl (C=O) groups is 1. The number of hydrogen-bond donors (Lipinski definition) is 3. The Balaban J connectivity index is 1.75. The highest BCUT2D eigenvalue weighted by Gasteiger charge is 2.27. The lowest BCUT2D eigenvalue weighted by Crippen LogP contribution is -2.32. The number of amides is 1. The number of alkyl halides is 1. The van der Waals surface area contributed by atoms with E-state index in [4.69, 9.17) is 4.52 Å². The molecule has 1 amide bonds. The fraction of sp³-hybridized carbons (Fsp3) is 0.400. The molecule has 3 rings (SSSR count). The Hall–Kier alpha value is -3.31. The standard InChI is InChI=1S/C25H32FN5O4S/c1-16(2)13-21(27-5)23-29-22(30-35-23)17-7-6-8-20(14-17)36(33,34)31-19-11-9-18(10-12-19)28-24(32)25(3,4)15-26/h6-12,14,16,21,27,31H,13,15H2,1-5H3,(H,28,32)/t21-/m0/s1. The summed E-state index contributed by atoms with van der Waals surface area (Å²) in [6.07, 6.45) is 0.812. The summed E-state index contributed by atoms with van der Waals surface area (Å²) in [5, 5.41) is 9.81. The Bertz CT molecular complexity index is 1290. The number of carbonyl (C=O) groups excluding carboxylic acids is 1. The van der Waals surface area contributed by atoms with Gasteiger partial charge in [0, 0.05) is 16.9 Å². The van der Waals surface area contributed by atoms with Crippen molar-refractivity contribution in [2.45, 2.75) is 45.1 Å². The average Bonchev–Trinajstić information content (AvgIpc) is 3.33. The molecule has 36 heavy (non-hydrogen) atoms. The van der Waals surface area contributed by atoms with Crippen LogP contribution in [0.15, 0.2) is 57.9 Å². The Labute approximate surface area is 210 Å². The van der Waals surface area contributed by atoms with Crippen LogP contribution in [0.3, 0.4) is 0 Å². The molecule has 0 aliphatic rings. The summed E-state index contributed by atoms with van der Waals surface area (Å²) >= 11 is 0. The summed E-state index contributed by atoms with van der Waals surface area (Å²) in [6.45, 7) is 6.40. The van der Waals surface area contributed by atoms with Gasteiger partial charge in [-0.25, -0.2) is 12.8 Å². The molecule has 0 radical (unpaired) electrons. The maximum Gasteiger partial charge on any atom is 0.261 e. The Morgan fingerprint density at radius 1 is 1.11 bits per heavy atom. The van der Waals surface area contributed by atoms with Crippen molar-refractivity contribution in [2.24, 2.45) is 11.3 Å². The molecule has 0 saturated carbocycles. The molecule has 11 heteroatoms. The maximum atomic E-state index is 13.0. The van der Waals surface area contributed by atoms with Crippen LogP contribution in [0.25, 0.3) is 11.4 Å². The molecule has 0 saturated heterocycles. The van der Waals surface area contributed by atoms with E-state index in [9.17, 15) is 17.6 Å². The summed E-state index contributed by atoms with van der Waals surface area (Å²) in [5.41, 5.74) is 0.0701. The van der Waals surface area contributed by atoms with E-state index in [1.54, 1.807) is 12.1 Å². The van der Waals surface area contributed by atoms with Crippen molar-refractivity contribution in [1.82, 2.24) is 15.5 Å². The van der Waals surface area contributed by atoms with Gasteiger partial charge in [0.2, 0.25) is 17.6 Å². The van der Waals surface area contributed by atoms with Gasteiger partial charge in [0.15, 0.2) is 0 Å². The second-order valence-corrected chi connectivity index (χ2v) is 11.3. The molecule has 9 nitrogen and oxygen atoms in total. The van der Waals surface area contributed by atoms with E-state index in [-0.39, 0.29) is 10.9 Å². The van der Waals surface area contributed by atoms with Crippen molar-refractivity contribution in [3.05, 3.63) is 54.4 Å². The monoisotopic (exact) mass is 517 g/mol. The van der Waals surface area contributed by atoms with Gasteiger partial charge in [0.05, 0.1) is 16.4 Å². The molecule has 194 valence electrons. The topological polar surface area (TPSA) is 126 Å². The summed E-state index contributed by atoms with van der Waals surface area (Å²) in [5.74, 6) is 0.687. The molecule has 0 fully saturated rings. The smallest absolute Gasteiger partial charge is 0.261 e. The molecule has 0 aliphatic carbocycles. The van der Waals surface area contributed by atoms with Gasteiger partial charge in [-0.15, -0.1) is 0 Å². The number of anilines is 2. The molecule has 2 aromatic carbocycles. The van der Waals surface area contributed by atoms with Gasteiger partial charge < -0.3 is 15.2 Å². The lowest BCUT2D eigenvalue weighted by Gasteiger charge is -2.19. The van der Waals surface area contributed by atoms with Crippen LogP contribution < -0.4 is 15.4 Å². The summed E-state index contributed by atoms with van der Waals surface area (Å²) < 4.78 is 47.0. The zero-order chi connectivity index (χ0) is 26.5. The first-order chi connectivity index (χ1) is 16.9. The molecule has 0 spiro atoms. The van der Waals surface area contributed by atoms with Crippen LogP contribution in [-0.4, -0.2) is 38.2 Å². The first-order valence-corrected chi connectivity index (χ1v) is 13.0. The van der Waals surface area contributed by atoms with Crippen LogP contribution in [0.4, 0.5) is 15.8 Å². The van der Waals surface area contributed by atoms with Gasteiger partial charge in [-0.2, -0.15) is 4.98 Å². The van der Waals surface area contributed by atoms with Gasteiger partial charge in [-0.05, 0) is 69.6 Å². The van der Waals surface area contributed by atoms with E-state index in [0.29, 0.717) is 34.6 Å². The lowest BCUT2D eigenvalue weighted by molar-refractivity contribution is -0.124. The number of hydrogen-bond acceptors (Lipinski definition) is 7. The highest BCUT2D eigenvalue weighted by molar-refractivity contribution is 7.92. The van der Waals surface area contributed by atoms with Crippen LogP contribution >= 0.6 is 0 Å². The first kappa shape index (κ1) is 27.3. The number of nitrogens with one attached hydrogen (secondary N) is 3. The molecular formula is C25H32FN5O4S. The zero-order valence-corrected chi connectivity index (χ0v) is 21.8. The van der Waals surface area contributed by atoms with E-state index in [0.717, 1.165) is 6.42 Å². The third-order valence-electron chi connectivity index (χ3n) is 5.54. The van der Waals surface area contributed by atoms with E-state index in [1.165, 1.54) is 50.2 Å². The van der Waals surface area contributed by atoms with Crippen LogP contribution in [0.1, 0.15) is 46.0 Å². The third kappa shape index (κ3) is 6.67. The molecule has 1 heterocycles. The van der Waals surface area contributed by atoms with Crippen molar-refractivity contribution in [1.29, 1.82) is 0 Å². The van der Waals surface area contributed by atoms with Crippen molar-refractivity contribution < 1.29 is 22.1 Å². The first-order valence-electron chi connectivity index (χ1n) is 11.6. The maximum absolute atomic E-state index is 13.0. The summed E-state index contributed by atoms with van der Waals surface area (Å²) in [7, 11) is -2.10. The predicted octanol–water partition coefficient (Wildman–Crippen LogP) is 4.78. The normalized spacial score (nSPS) is 13.0. The van der Waals surface area contributed by atoms with Crippen molar-refractivity contribution in [2.75, 3.05) is 23.8 Å². The average molecular weight is 518 g/mol. The van der Waals surface area contributed by atoms with E-state index in [2.05, 4.69) is 39.3 Å². The molecule has 1 aromatic heterocycles. The Kier molecular flexibility index (Phi) is 8.47. The quantitative estimate of drug-likeness (QED) is 0.334. The van der Waals surface area contributed by atoms with Gasteiger partial charge in [-0.1, -0.05) is 31.1 Å². The Morgan fingerprint density at radius 3 is 2.39 bits per heavy atom. The second-order valence-electron chi connectivity index (χ2n) is 9.61. The number of aromatic nitrogens is 2. The zero-order valence-electron chi connectivity index (χ0n) is 21.0. The summed E-state index contributed by atoms with van der Waals surface area (Å²) in [4.78, 5) is 16.6. The second kappa shape index (κ2) is 11.2. The van der Waals surface area contributed by atoms with Crippen molar-refractivity contribution in [3.8, 4) is 11.4 Å². The van der Waals surface area contributed by atoms with Crippen LogP contribution in [0.2, 0.25) is 0 Å². The molecule has 3 N–H and O–H groups in total. The largest absolute Gasteiger partial charge is 0.337 e. The highest BCUT2D eigenvalue weighted by atomic mass is 32.2. The minimum absolute atomic E-state index is 0.0285. The van der Waals surface area contributed by atoms with E-state index >= 15 is 0 Å².